The second-order valence-corrected chi connectivity index (χ2v) is 6.99. The van der Waals surface area contributed by atoms with Gasteiger partial charge in [0.05, 0.1) is 11.3 Å². The minimum Gasteiger partial charge on any atom is -0.450 e. The molecule has 0 fully saturated rings. The van der Waals surface area contributed by atoms with Crippen molar-refractivity contribution in [2.24, 2.45) is 0 Å². The number of rotatable bonds is 3. The van der Waals surface area contributed by atoms with Gasteiger partial charge in [0.25, 0.3) is 0 Å². The fourth-order valence-corrected chi connectivity index (χ4v) is 3.60. The highest BCUT2D eigenvalue weighted by Gasteiger charge is 2.20. The second-order valence-electron chi connectivity index (χ2n) is 5.07. The predicted octanol–water partition coefficient (Wildman–Crippen LogP) is 3.42. The van der Waals surface area contributed by atoms with E-state index in [1.807, 2.05) is 31.2 Å². The maximum Gasteiger partial charge on any atom is 0.218 e. The molecule has 0 radical (unpaired) electrons. The molecule has 0 aliphatic rings. The number of para-hydroxylation sites is 1. The molecule has 0 saturated heterocycles. The van der Waals surface area contributed by atoms with Crippen LogP contribution in [0.3, 0.4) is 0 Å². The molecule has 0 bridgehead atoms. The van der Waals surface area contributed by atoms with Crippen LogP contribution in [0.4, 0.5) is 0 Å². The Hall–Kier alpha value is -2.14. The smallest absolute Gasteiger partial charge is 0.218 e. The molecule has 0 amide bonds. The van der Waals surface area contributed by atoms with E-state index in [-0.39, 0.29) is 10.8 Å². The maximum atomic E-state index is 12.4. The molecular formula is C16H15NO3S. The van der Waals surface area contributed by atoms with E-state index in [1.165, 1.54) is 6.07 Å². The monoisotopic (exact) mass is 301 g/mol. The topological polar surface area (TPSA) is 60.2 Å². The number of fused-ring (bicyclic) bond motifs is 1. The third-order valence-corrected chi connectivity index (χ3v) is 4.83. The lowest BCUT2D eigenvalue weighted by Gasteiger charge is -2.06. The zero-order valence-corrected chi connectivity index (χ0v) is 12.6. The zero-order chi connectivity index (χ0) is 15.0. The number of aryl methyl sites for hydroxylation is 2. The Morgan fingerprint density at radius 3 is 2.57 bits per heavy atom. The lowest BCUT2D eigenvalue weighted by molar-refractivity contribution is 0.428. The fourth-order valence-electron chi connectivity index (χ4n) is 2.28. The van der Waals surface area contributed by atoms with E-state index in [0.717, 1.165) is 16.6 Å². The van der Waals surface area contributed by atoms with E-state index in [2.05, 4.69) is 4.98 Å². The van der Waals surface area contributed by atoms with Gasteiger partial charge in [0.2, 0.25) is 14.9 Å². The number of hydrogen-bond donors (Lipinski definition) is 0. The fraction of sp³-hybridized carbons (Fsp3) is 0.188. The normalized spacial score (nSPS) is 11.9. The van der Waals surface area contributed by atoms with Crippen LogP contribution in [0.25, 0.3) is 10.9 Å². The summed E-state index contributed by atoms with van der Waals surface area (Å²) in [5, 5.41) is 0.939. The quantitative estimate of drug-likeness (QED) is 0.743. The van der Waals surface area contributed by atoms with Gasteiger partial charge in [-0.1, -0.05) is 24.3 Å². The molecule has 21 heavy (non-hydrogen) atoms. The summed E-state index contributed by atoms with van der Waals surface area (Å²) in [6, 6.07) is 12.6. The summed E-state index contributed by atoms with van der Waals surface area (Å²) in [6.45, 7) is 3.61. The van der Waals surface area contributed by atoms with Gasteiger partial charge in [0.15, 0.2) is 0 Å². The van der Waals surface area contributed by atoms with Gasteiger partial charge in [-0.15, -0.1) is 0 Å². The summed E-state index contributed by atoms with van der Waals surface area (Å²) in [6.07, 6.45) is 0. The highest BCUT2D eigenvalue weighted by Crippen LogP contribution is 2.23. The standard InChI is InChI=1S/C16H15NO3S/c1-11-6-8-13-4-3-5-14(16(13)17-11)10-21(18,19)15-9-7-12(2)20-15/h3-9H,10H2,1-2H3. The van der Waals surface area contributed by atoms with Gasteiger partial charge < -0.3 is 4.42 Å². The van der Waals surface area contributed by atoms with E-state index in [4.69, 9.17) is 4.42 Å². The van der Waals surface area contributed by atoms with Crippen LogP contribution in [0.1, 0.15) is 17.0 Å². The van der Waals surface area contributed by atoms with Crippen molar-refractivity contribution in [3.8, 4) is 0 Å². The van der Waals surface area contributed by atoms with Crippen molar-refractivity contribution in [2.75, 3.05) is 0 Å². The van der Waals surface area contributed by atoms with Gasteiger partial charge in [0.1, 0.15) is 5.76 Å². The van der Waals surface area contributed by atoms with Crippen LogP contribution >= 0.6 is 0 Å². The predicted molar refractivity (Wildman–Crippen MR) is 80.8 cm³/mol. The van der Waals surface area contributed by atoms with E-state index < -0.39 is 9.84 Å². The van der Waals surface area contributed by atoms with Crippen molar-refractivity contribution in [3.05, 3.63) is 59.5 Å². The summed E-state index contributed by atoms with van der Waals surface area (Å²) >= 11 is 0. The molecule has 2 aromatic heterocycles. The molecule has 0 unspecified atom stereocenters. The minimum absolute atomic E-state index is 0.00431. The average molecular weight is 301 g/mol. The Labute approximate surface area is 123 Å². The first-order valence-corrected chi connectivity index (χ1v) is 8.25. The van der Waals surface area contributed by atoms with Crippen molar-refractivity contribution in [1.29, 1.82) is 0 Å². The molecule has 0 spiro atoms. The number of sulfone groups is 1. The molecule has 3 aromatic rings. The summed E-state index contributed by atoms with van der Waals surface area (Å²) in [5.41, 5.74) is 2.27. The van der Waals surface area contributed by atoms with Crippen LogP contribution < -0.4 is 0 Å². The molecule has 0 aliphatic carbocycles. The number of furan rings is 1. The van der Waals surface area contributed by atoms with Gasteiger partial charge in [-0.3, -0.25) is 4.98 Å². The molecule has 1 aromatic carbocycles. The second kappa shape index (κ2) is 5.00. The first kappa shape index (κ1) is 13.8. The molecule has 4 nitrogen and oxygen atoms in total. The van der Waals surface area contributed by atoms with Gasteiger partial charge >= 0.3 is 0 Å². The number of hydrogen-bond acceptors (Lipinski definition) is 4. The number of nitrogens with zero attached hydrogens (tertiary/aromatic N) is 1. The van der Waals surface area contributed by atoms with E-state index in [0.29, 0.717) is 11.3 Å². The Balaban J connectivity index is 2.08. The molecule has 108 valence electrons. The lowest BCUT2D eigenvalue weighted by atomic mass is 10.1. The van der Waals surface area contributed by atoms with E-state index in [9.17, 15) is 8.42 Å². The number of aromatic nitrogens is 1. The van der Waals surface area contributed by atoms with Crippen LogP contribution in [0.2, 0.25) is 0 Å². The maximum absolute atomic E-state index is 12.4. The highest BCUT2D eigenvalue weighted by atomic mass is 32.2. The van der Waals surface area contributed by atoms with Crippen molar-refractivity contribution in [1.82, 2.24) is 4.98 Å². The molecule has 0 atom stereocenters. The van der Waals surface area contributed by atoms with Crippen molar-refractivity contribution in [3.63, 3.8) is 0 Å². The Bertz CT molecular complexity index is 910. The largest absolute Gasteiger partial charge is 0.450 e. The summed E-state index contributed by atoms with van der Waals surface area (Å²) in [4.78, 5) is 4.46. The third-order valence-electron chi connectivity index (χ3n) is 3.31. The van der Waals surface area contributed by atoms with Gasteiger partial charge in [0, 0.05) is 11.1 Å². The molecule has 5 heteroatoms. The molecular weight excluding hydrogens is 286 g/mol. The number of pyridine rings is 1. The van der Waals surface area contributed by atoms with Crippen molar-refractivity contribution < 1.29 is 12.8 Å². The van der Waals surface area contributed by atoms with Gasteiger partial charge in [-0.2, -0.15) is 0 Å². The van der Waals surface area contributed by atoms with Gasteiger partial charge in [-0.25, -0.2) is 8.42 Å². The third kappa shape index (κ3) is 2.69. The molecule has 0 N–H and O–H groups in total. The van der Waals surface area contributed by atoms with Crippen LogP contribution in [0.15, 0.2) is 52.0 Å². The molecule has 2 heterocycles. The van der Waals surface area contributed by atoms with Crippen molar-refractivity contribution >= 4 is 20.7 Å². The first-order valence-electron chi connectivity index (χ1n) is 6.60. The molecule has 0 aliphatic heterocycles. The molecule has 3 rings (SSSR count). The van der Waals surface area contributed by atoms with E-state index in [1.54, 1.807) is 19.1 Å². The summed E-state index contributed by atoms with van der Waals surface area (Å²) < 4.78 is 30.1. The van der Waals surface area contributed by atoms with Crippen LogP contribution in [-0.2, 0) is 15.6 Å². The Morgan fingerprint density at radius 1 is 1.05 bits per heavy atom. The zero-order valence-electron chi connectivity index (χ0n) is 11.8. The van der Waals surface area contributed by atoms with Crippen LogP contribution in [0.5, 0.6) is 0 Å². The van der Waals surface area contributed by atoms with Crippen LogP contribution in [-0.4, -0.2) is 13.4 Å². The molecule has 0 saturated carbocycles. The first-order chi connectivity index (χ1) is 9.95. The summed E-state index contributed by atoms with van der Waals surface area (Å²) in [7, 11) is -3.50. The lowest BCUT2D eigenvalue weighted by Crippen LogP contribution is -2.05. The Kier molecular flexibility index (Phi) is 3.29. The minimum atomic E-state index is -3.50. The SMILES string of the molecule is Cc1ccc2cccc(CS(=O)(=O)c3ccc(C)o3)c2n1. The van der Waals surface area contributed by atoms with Crippen molar-refractivity contribution in [2.45, 2.75) is 24.7 Å². The van der Waals surface area contributed by atoms with Crippen LogP contribution in [0, 0.1) is 13.8 Å². The average Bonchev–Trinajstić information content (AvgIpc) is 2.87. The highest BCUT2D eigenvalue weighted by molar-refractivity contribution is 7.90. The summed E-state index contributed by atoms with van der Waals surface area (Å²) in [5.74, 6) is 0.466. The number of benzene rings is 1. The Morgan fingerprint density at radius 2 is 1.86 bits per heavy atom. The van der Waals surface area contributed by atoms with Gasteiger partial charge in [-0.05, 0) is 37.6 Å². The van der Waals surface area contributed by atoms with E-state index >= 15 is 0 Å².